The SMILES string of the molecule is CCC(=O)Oc1ccc(C(=O)O)o1. The third-order valence-electron chi connectivity index (χ3n) is 1.30. The number of carbonyl (C=O) groups excluding carboxylic acids is 1. The van der Waals surface area contributed by atoms with E-state index in [2.05, 4.69) is 9.15 Å². The number of esters is 1. The van der Waals surface area contributed by atoms with E-state index in [9.17, 15) is 9.59 Å². The number of carboxylic acid groups (broad SMARTS) is 1. The smallest absolute Gasteiger partial charge is 0.371 e. The molecule has 0 spiro atoms. The second kappa shape index (κ2) is 3.75. The zero-order chi connectivity index (χ0) is 9.84. The van der Waals surface area contributed by atoms with Crippen molar-refractivity contribution in [3.63, 3.8) is 0 Å². The van der Waals surface area contributed by atoms with Gasteiger partial charge in [0.25, 0.3) is 5.95 Å². The maximum Gasteiger partial charge on any atom is 0.371 e. The second-order valence-electron chi connectivity index (χ2n) is 2.25. The van der Waals surface area contributed by atoms with Gasteiger partial charge >= 0.3 is 11.9 Å². The molecule has 0 bridgehead atoms. The molecule has 1 rings (SSSR count). The number of carbonyl (C=O) groups is 2. The Morgan fingerprint density at radius 3 is 2.69 bits per heavy atom. The van der Waals surface area contributed by atoms with Crippen LogP contribution in [0.15, 0.2) is 16.5 Å². The first-order valence-corrected chi connectivity index (χ1v) is 3.67. The van der Waals surface area contributed by atoms with Crippen molar-refractivity contribution >= 4 is 11.9 Å². The molecule has 0 aromatic carbocycles. The van der Waals surface area contributed by atoms with Gasteiger partial charge in [-0.25, -0.2) is 4.79 Å². The summed E-state index contributed by atoms with van der Waals surface area (Å²) in [5, 5.41) is 8.46. The molecule has 0 radical (unpaired) electrons. The molecule has 1 aromatic rings. The van der Waals surface area contributed by atoms with E-state index in [-0.39, 0.29) is 18.1 Å². The lowest BCUT2D eigenvalue weighted by atomic mass is 10.5. The molecule has 1 N–H and O–H groups in total. The molecule has 1 heterocycles. The Morgan fingerprint density at radius 1 is 1.54 bits per heavy atom. The molecule has 70 valence electrons. The van der Waals surface area contributed by atoms with Gasteiger partial charge in [0, 0.05) is 12.5 Å². The molecule has 5 heteroatoms. The number of carboxylic acids is 1. The maximum atomic E-state index is 10.7. The van der Waals surface area contributed by atoms with Crippen molar-refractivity contribution in [2.45, 2.75) is 13.3 Å². The van der Waals surface area contributed by atoms with Crippen molar-refractivity contribution in [2.24, 2.45) is 0 Å². The van der Waals surface area contributed by atoms with Crippen molar-refractivity contribution in [3.05, 3.63) is 17.9 Å². The average Bonchev–Trinajstić information content (AvgIpc) is 2.52. The summed E-state index contributed by atoms with van der Waals surface area (Å²) in [5.41, 5.74) is 0. The Kier molecular flexibility index (Phi) is 2.69. The quantitative estimate of drug-likeness (QED) is 0.716. The minimum atomic E-state index is -1.20. The molecule has 0 saturated carbocycles. The van der Waals surface area contributed by atoms with Crippen molar-refractivity contribution in [1.29, 1.82) is 0 Å². The monoisotopic (exact) mass is 184 g/mol. The van der Waals surface area contributed by atoms with Gasteiger partial charge in [0.15, 0.2) is 0 Å². The third kappa shape index (κ3) is 2.33. The summed E-state index contributed by atoms with van der Waals surface area (Å²) in [6.07, 6.45) is 0.211. The Morgan fingerprint density at radius 2 is 2.23 bits per heavy atom. The molecule has 1 aromatic heterocycles. The number of ether oxygens (including phenoxy) is 1. The van der Waals surface area contributed by atoms with Crippen LogP contribution in [0.3, 0.4) is 0 Å². The Labute approximate surface area is 73.9 Å². The van der Waals surface area contributed by atoms with Crippen LogP contribution in [-0.2, 0) is 4.79 Å². The molecule has 0 unspecified atom stereocenters. The molecule has 0 atom stereocenters. The van der Waals surface area contributed by atoms with E-state index >= 15 is 0 Å². The zero-order valence-electron chi connectivity index (χ0n) is 6.94. The van der Waals surface area contributed by atoms with Crippen LogP contribution in [-0.4, -0.2) is 17.0 Å². The third-order valence-corrected chi connectivity index (χ3v) is 1.30. The van der Waals surface area contributed by atoms with Gasteiger partial charge in [-0.05, 0) is 6.07 Å². The molecule has 0 saturated heterocycles. The minimum Gasteiger partial charge on any atom is -0.475 e. The lowest BCUT2D eigenvalue weighted by molar-refractivity contribution is -0.135. The number of rotatable bonds is 3. The minimum absolute atomic E-state index is 0.0933. The number of hydrogen-bond donors (Lipinski definition) is 1. The molecular weight excluding hydrogens is 176 g/mol. The lowest BCUT2D eigenvalue weighted by Crippen LogP contribution is -2.04. The molecule has 0 aliphatic rings. The standard InChI is InChI=1S/C8H8O5/c1-2-6(9)13-7-4-3-5(12-7)8(10)11/h3-4H,2H2,1H3,(H,10,11). The van der Waals surface area contributed by atoms with Gasteiger partial charge in [-0.1, -0.05) is 6.92 Å². The van der Waals surface area contributed by atoms with Crippen LogP contribution in [0.1, 0.15) is 23.9 Å². The van der Waals surface area contributed by atoms with E-state index in [0.717, 1.165) is 0 Å². The highest BCUT2D eigenvalue weighted by atomic mass is 16.6. The Hall–Kier alpha value is -1.78. The van der Waals surface area contributed by atoms with Crippen LogP contribution in [0.2, 0.25) is 0 Å². The highest BCUT2D eigenvalue weighted by molar-refractivity contribution is 5.84. The van der Waals surface area contributed by atoms with Gasteiger partial charge in [-0.2, -0.15) is 0 Å². The summed E-state index contributed by atoms with van der Waals surface area (Å²) in [6, 6.07) is 2.51. The van der Waals surface area contributed by atoms with Gasteiger partial charge in [0.2, 0.25) is 5.76 Å². The van der Waals surface area contributed by atoms with Crippen molar-refractivity contribution in [1.82, 2.24) is 0 Å². The van der Waals surface area contributed by atoms with E-state index in [0.29, 0.717) is 0 Å². The first kappa shape index (κ1) is 9.31. The predicted octanol–water partition coefficient (Wildman–Crippen LogP) is 1.29. The number of furan rings is 1. The predicted molar refractivity (Wildman–Crippen MR) is 41.6 cm³/mol. The highest BCUT2D eigenvalue weighted by Gasteiger charge is 2.11. The van der Waals surface area contributed by atoms with Crippen LogP contribution in [0.4, 0.5) is 0 Å². The summed E-state index contributed by atoms with van der Waals surface area (Å²) in [7, 11) is 0. The lowest BCUT2D eigenvalue weighted by Gasteiger charge is -1.95. The fraction of sp³-hybridized carbons (Fsp3) is 0.250. The van der Waals surface area contributed by atoms with Gasteiger partial charge < -0.3 is 14.3 Å². The van der Waals surface area contributed by atoms with Crippen LogP contribution in [0.25, 0.3) is 0 Å². The van der Waals surface area contributed by atoms with E-state index < -0.39 is 11.9 Å². The van der Waals surface area contributed by atoms with Crippen molar-refractivity contribution in [2.75, 3.05) is 0 Å². The zero-order valence-corrected chi connectivity index (χ0v) is 6.94. The van der Waals surface area contributed by atoms with Gasteiger partial charge in [-0.3, -0.25) is 4.79 Å². The average molecular weight is 184 g/mol. The molecule has 5 nitrogen and oxygen atoms in total. The van der Waals surface area contributed by atoms with Crippen LogP contribution >= 0.6 is 0 Å². The molecular formula is C8H8O5. The Balaban J connectivity index is 2.69. The maximum absolute atomic E-state index is 10.7. The molecule has 0 aliphatic heterocycles. The van der Waals surface area contributed by atoms with E-state index in [1.165, 1.54) is 12.1 Å². The van der Waals surface area contributed by atoms with Crippen LogP contribution in [0, 0.1) is 0 Å². The summed E-state index contributed by atoms with van der Waals surface area (Å²) in [4.78, 5) is 21.1. The van der Waals surface area contributed by atoms with E-state index in [4.69, 9.17) is 5.11 Å². The summed E-state index contributed by atoms with van der Waals surface area (Å²) < 4.78 is 9.30. The van der Waals surface area contributed by atoms with Gasteiger partial charge in [-0.15, -0.1) is 0 Å². The first-order chi connectivity index (χ1) is 6.13. The number of hydrogen-bond acceptors (Lipinski definition) is 4. The Bertz CT molecular complexity index is 325. The molecule has 13 heavy (non-hydrogen) atoms. The fourth-order valence-corrected chi connectivity index (χ4v) is 0.674. The summed E-state index contributed by atoms with van der Waals surface area (Å²) in [5.74, 6) is -2.01. The van der Waals surface area contributed by atoms with Crippen LogP contribution in [0.5, 0.6) is 5.95 Å². The van der Waals surface area contributed by atoms with Crippen molar-refractivity contribution < 1.29 is 23.8 Å². The van der Waals surface area contributed by atoms with Crippen molar-refractivity contribution in [3.8, 4) is 5.95 Å². The van der Waals surface area contributed by atoms with E-state index in [1.807, 2.05) is 0 Å². The highest BCUT2D eigenvalue weighted by Crippen LogP contribution is 2.16. The normalized spacial score (nSPS) is 9.62. The van der Waals surface area contributed by atoms with E-state index in [1.54, 1.807) is 6.92 Å². The summed E-state index contributed by atoms with van der Waals surface area (Å²) in [6.45, 7) is 1.63. The summed E-state index contributed by atoms with van der Waals surface area (Å²) >= 11 is 0. The fourth-order valence-electron chi connectivity index (χ4n) is 0.674. The van der Waals surface area contributed by atoms with Gasteiger partial charge in [0.1, 0.15) is 0 Å². The second-order valence-corrected chi connectivity index (χ2v) is 2.25. The number of aromatic carboxylic acids is 1. The first-order valence-electron chi connectivity index (χ1n) is 3.67. The largest absolute Gasteiger partial charge is 0.475 e. The van der Waals surface area contributed by atoms with Gasteiger partial charge in [0.05, 0.1) is 0 Å². The molecule has 0 amide bonds. The molecule has 0 fully saturated rings. The topological polar surface area (TPSA) is 76.7 Å². The molecule has 0 aliphatic carbocycles. The van der Waals surface area contributed by atoms with Crippen LogP contribution < -0.4 is 4.74 Å².